The summed E-state index contributed by atoms with van der Waals surface area (Å²) in [6, 6.07) is 2.49. The van der Waals surface area contributed by atoms with Crippen LogP contribution >= 0.6 is 0 Å². The maximum atomic E-state index is 4.19. The highest BCUT2D eigenvalue weighted by Crippen LogP contribution is 2.25. The van der Waals surface area contributed by atoms with Gasteiger partial charge in [0.15, 0.2) is 0 Å². The van der Waals surface area contributed by atoms with E-state index in [9.17, 15) is 0 Å². The van der Waals surface area contributed by atoms with Crippen LogP contribution in [0.3, 0.4) is 0 Å². The largest absolute Gasteiger partial charge is 0.312 e. The molecule has 1 saturated carbocycles. The Balaban J connectivity index is 1.65. The van der Waals surface area contributed by atoms with Crippen molar-refractivity contribution in [1.82, 2.24) is 15.1 Å². The predicted octanol–water partition coefficient (Wildman–Crippen LogP) is 1.66. The first kappa shape index (κ1) is 9.71. The number of nitrogens with zero attached hydrogens (tertiary/aromatic N) is 2. The Labute approximate surface area is 85.5 Å². The lowest BCUT2D eigenvalue weighted by Gasteiger charge is -2.27. The van der Waals surface area contributed by atoms with Crippen LogP contribution in [0.25, 0.3) is 0 Å². The molecule has 1 fully saturated rings. The Kier molecular flexibility index (Phi) is 3.19. The fourth-order valence-corrected chi connectivity index (χ4v) is 1.82. The van der Waals surface area contributed by atoms with Crippen LogP contribution in [0.4, 0.5) is 0 Å². The van der Waals surface area contributed by atoms with Gasteiger partial charge in [0.1, 0.15) is 0 Å². The molecule has 1 aliphatic rings. The van der Waals surface area contributed by atoms with Crippen LogP contribution in [0.5, 0.6) is 0 Å². The smallest absolute Gasteiger partial charge is 0.0559 e. The van der Waals surface area contributed by atoms with Gasteiger partial charge in [0.05, 0.1) is 6.54 Å². The highest BCUT2D eigenvalue weighted by molar-refractivity contribution is 4.79. The molecule has 2 rings (SSSR count). The van der Waals surface area contributed by atoms with E-state index >= 15 is 0 Å². The fourth-order valence-electron chi connectivity index (χ4n) is 1.82. The van der Waals surface area contributed by atoms with Gasteiger partial charge in [0.25, 0.3) is 0 Å². The minimum Gasteiger partial charge on any atom is -0.312 e. The van der Waals surface area contributed by atoms with Gasteiger partial charge in [-0.15, -0.1) is 0 Å². The molecule has 1 aromatic heterocycles. The standard InChI is InChI=1S/C11H19N3/c1-10(9-14-7-3-6-13-14)12-8-11-4-2-5-11/h3,6-7,10-12H,2,4-5,8-9H2,1H3. The number of hydrogen-bond acceptors (Lipinski definition) is 2. The lowest BCUT2D eigenvalue weighted by atomic mass is 9.85. The molecule has 1 aliphatic carbocycles. The summed E-state index contributed by atoms with van der Waals surface area (Å²) in [6.45, 7) is 4.38. The monoisotopic (exact) mass is 193 g/mol. The molecule has 78 valence electrons. The zero-order valence-corrected chi connectivity index (χ0v) is 8.82. The zero-order valence-electron chi connectivity index (χ0n) is 8.82. The topological polar surface area (TPSA) is 29.9 Å². The van der Waals surface area contributed by atoms with Crippen molar-refractivity contribution in [1.29, 1.82) is 0 Å². The highest BCUT2D eigenvalue weighted by atomic mass is 15.3. The van der Waals surface area contributed by atoms with E-state index in [0.29, 0.717) is 6.04 Å². The third-order valence-corrected chi connectivity index (χ3v) is 3.00. The Morgan fingerprint density at radius 1 is 1.57 bits per heavy atom. The Morgan fingerprint density at radius 2 is 2.43 bits per heavy atom. The highest BCUT2D eigenvalue weighted by Gasteiger charge is 2.17. The van der Waals surface area contributed by atoms with E-state index < -0.39 is 0 Å². The number of nitrogens with one attached hydrogen (secondary N) is 1. The summed E-state index contributed by atoms with van der Waals surface area (Å²) in [4.78, 5) is 0. The molecule has 3 nitrogen and oxygen atoms in total. The van der Waals surface area contributed by atoms with Crippen molar-refractivity contribution in [3.63, 3.8) is 0 Å². The van der Waals surface area contributed by atoms with Crippen molar-refractivity contribution in [2.24, 2.45) is 5.92 Å². The van der Waals surface area contributed by atoms with Crippen LogP contribution in [0.1, 0.15) is 26.2 Å². The van der Waals surface area contributed by atoms with Gasteiger partial charge in [-0.1, -0.05) is 6.42 Å². The van der Waals surface area contributed by atoms with Crippen molar-refractivity contribution in [2.75, 3.05) is 6.54 Å². The van der Waals surface area contributed by atoms with Gasteiger partial charge in [-0.2, -0.15) is 5.10 Å². The SMILES string of the molecule is CC(Cn1cccn1)NCC1CCC1. The quantitative estimate of drug-likeness (QED) is 0.770. The summed E-state index contributed by atoms with van der Waals surface area (Å²) < 4.78 is 1.98. The van der Waals surface area contributed by atoms with Crippen LogP contribution < -0.4 is 5.32 Å². The fraction of sp³-hybridized carbons (Fsp3) is 0.727. The van der Waals surface area contributed by atoms with Gasteiger partial charge < -0.3 is 5.32 Å². The Hall–Kier alpha value is -0.830. The van der Waals surface area contributed by atoms with Crippen LogP contribution in [-0.4, -0.2) is 22.4 Å². The van der Waals surface area contributed by atoms with Crippen LogP contribution in [0.15, 0.2) is 18.5 Å². The molecular formula is C11H19N3. The number of rotatable bonds is 5. The van der Waals surface area contributed by atoms with Gasteiger partial charge >= 0.3 is 0 Å². The minimum atomic E-state index is 0.524. The molecule has 1 N–H and O–H groups in total. The molecular weight excluding hydrogens is 174 g/mol. The molecule has 1 aromatic rings. The van der Waals surface area contributed by atoms with Gasteiger partial charge in [-0.25, -0.2) is 0 Å². The second-order valence-corrected chi connectivity index (χ2v) is 4.33. The predicted molar refractivity (Wildman–Crippen MR) is 57.0 cm³/mol. The zero-order chi connectivity index (χ0) is 9.80. The molecule has 0 amide bonds. The third kappa shape index (κ3) is 2.58. The first-order chi connectivity index (χ1) is 6.84. The molecule has 0 saturated heterocycles. The summed E-state index contributed by atoms with van der Waals surface area (Å²) in [7, 11) is 0. The van der Waals surface area contributed by atoms with Crippen molar-refractivity contribution in [2.45, 2.75) is 38.8 Å². The molecule has 0 aliphatic heterocycles. The van der Waals surface area contributed by atoms with Gasteiger partial charge in [0, 0.05) is 18.4 Å². The average molecular weight is 193 g/mol. The van der Waals surface area contributed by atoms with Gasteiger partial charge in [-0.3, -0.25) is 4.68 Å². The number of hydrogen-bond donors (Lipinski definition) is 1. The van der Waals surface area contributed by atoms with Crippen molar-refractivity contribution in [3.8, 4) is 0 Å². The summed E-state index contributed by atoms with van der Waals surface area (Å²) >= 11 is 0. The molecule has 1 atom stereocenters. The van der Waals surface area contributed by atoms with Crippen LogP contribution in [0, 0.1) is 5.92 Å². The van der Waals surface area contributed by atoms with Gasteiger partial charge in [-0.05, 0) is 38.3 Å². The van der Waals surface area contributed by atoms with E-state index in [-0.39, 0.29) is 0 Å². The minimum absolute atomic E-state index is 0.524. The lowest BCUT2D eigenvalue weighted by molar-refractivity contribution is 0.284. The van der Waals surface area contributed by atoms with E-state index in [0.717, 1.165) is 12.5 Å². The number of aromatic nitrogens is 2. The average Bonchev–Trinajstić information content (AvgIpc) is 2.54. The molecule has 0 aromatic carbocycles. The molecule has 0 radical (unpaired) electrons. The van der Waals surface area contributed by atoms with Crippen LogP contribution in [0.2, 0.25) is 0 Å². The van der Waals surface area contributed by atoms with E-state index in [2.05, 4.69) is 17.3 Å². The summed E-state index contributed by atoms with van der Waals surface area (Å²) in [6.07, 6.45) is 8.11. The van der Waals surface area contributed by atoms with Crippen LogP contribution in [-0.2, 0) is 6.54 Å². The summed E-state index contributed by atoms with van der Waals surface area (Å²) in [5.41, 5.74) is 0. The molecule has 0 spiro atoms. The molecule has 1 unspecified atom stereocenters. The Morgan fingerprint density at radius 3 is 3.00 bits per heavy atom. The van der Waals surface area contributed by atoms with Crippen molar-refractivity contribution < 1.29 is 0 Å². The van der Waals surface area contributed by atoms with E-state index in [1.807, 2.05) is 23.1 Å². The first-order valence-corrected chi connectivity index (χ1v) is 5.55. The van der Waals surface area contributed by atoms with Gasteiger partial charge in [0.2, 0.25) is 0 Å². The van der Waals surface area contributed by atoms with E-state index in [4.69, 9.17) is 0 Å². The second kappa shape index (κ2) is 4.60. The summed E-state index contributed by atoms with van der Waals surface area (Å²) in [5, 5.41) is 7.76. The van der Waals surface area contributed by atoms with E-state index in [1.165, 1.54) is 25.8 Å². The second-order valence-electron chi connectivity index (χ2n) is 4.33. The maximum Gasteiger partial charge on any atom is 0.0559 e. The molecule has 1 heterocycles. The molecule has 14 heavy (non-hydrogen) atoms. The maximum absolute atomic E-state index is 4.19. The lowest BCUT2D eigenvalue weighted by Crippen LogP contribution is -2.36. The third-order valence-electron chi connectivity index (χ3n) is 3.00. The van der Waals surface area contributed by atoms with Crippen molar-refractivity contribution in [3.05, 3.63) is 18.5 Å². The Bertz CT molecular complexity index is 252. The van der Waals surface area contributed by atoms with E-state index in [1.54, 1.807) is 0 Å². The molecule has 0 bridgehead atoms. The normalized spacial score (nSPS) is 19.2. The summed E-state index contributed by atoms with van der Waals surface area (Å²) in [5.74, 6) is 0.940. The molecule has 3 heteroatoms. The van der Waals surface area contributed by atoms with Crippen molar-refractivity contribution >= 4 is 0 Å². The first-order valence-electron chi connectivity index (χ1n) is 5.55.